The van der Waals surface area contributed by atoms with Gasteiger partial charge < -0.3 is 5.32 Å². The molecule has 2 atom stereocenters. The Hall–Kier alpha value is -1.07. The zero-order valence-corrected chi connectivity index (χ0v) is 13.0. The fourth-order valence-electron chi connectivity index (χ4n) is 2.60. The molecule has 1 N–H and O–H groups in total. The second-order valence-corrected chi connectivity index (χ2v) is 5.37. The van der Waals surface area contributed by atoms with Crippen molar-refractivity contribution in [2.75, 3.05) is 26.2 Å². The Morgan fingerprint density at radius 2 is 1.76 bits per heavy atom. The predicted molar refractivity (Wildman–Crippen MR) is 80.2 cm³/mol. The Bertz CT molecular complexity index is 392. The first-order valence-corrected chi connectivity index (χ1v) is 7.44. The lowest BCUT2D eigenvalue weighted by Gasteiger charge is -2.31. The van der Waals surface area contributed by atoms with Gasteiger partial charge in [-0.3, -0.25) is 4.90 Å². The van der Waals surface area contributed by atoms with Gasteiger partial charge in [0.25, 0.3) is 0 Å². The Labute approximate surface area is 125 Å². The highest BCUT2D eigenvalue weighted by atomic mass is 19.4. The van der Waals surface area contributed by atoms with Crippen molar-refractivity contribution in [1.29, 1.82) is 0 Å². The number of halogens is 3. The summed E-state index contributed by atoms with van der Waals surface area (Å²) in [6, 6.07) is 9.96. The molecule has 0 aliphatic heterocycles. The van der Waals surface area contributed by atoms with Gasteiger partial charge in [0.1, 0.15) is 0 Å². The Morgan fingerprint density at radius 3 is 2.24 bits per heavy atom. The van der Waals surface area contributed by atoms with Gasteiger partial charge in [0.05, 0.1) is 6.54 Å². The van der Waals surface area contributed by atoms with E-state index in [9.17, 15) is 13.2 Å². The van der Waals surface area contributed by atoms with Crippen LogP contribution in [0.15, 0.2) is 30.3 Å². The van der Waals surface area contributed by atoms with Crippen LogP contribution in [0, 0.1) is 5.92 Å². The van der Waals surface area contributed by atoms with E-state index in [0.717, 1.165) is 12.1 Å². The standard InChI is InChI=1S/C16H25F3N2/c1-4-20-15(14-9-7-6-8-10-14)13(3)11-21(5-2)12-16(17,18)19/h6-10,13,15,20H,4-5,11-12H2,1-3H3. The summed E-state index contributed by atoms with van der Waals surface area (Å²) in [4.78, 5) is 1.46. The largest absolute Gasteiger partial charge is 0.401 e. The first-order valence-electron chi connectivity index (χ1n) is 7.44. The van der Waals surface area contributed by atoms with Gasteiger partial charge in [-0.15, -0.1) is 0 Å². The third-order valence-electron chi connectivity index (χ3n) is 3.55. The molecule has 0 saturated heterocycles. The van der Waals surface area contributed by atoms with Crippen LogP contribution in [-0.4, -0.2) is 37.3 Å². The predicted octanol–water partition coefficient (Wildman–Crippen LogP) is 3.86. The summed E-state index contributed by atoms with van der Waals surface area (Å²) in [5.74, 6) is 0.0923. The van der Waals surface area contributed by atoms with Gasteiger partial charge in [0.15, 0.2) is 0 Å². The summed E-state index contributed by atoms with van der Waals surface area (Å²) < 4.78 is 37.7. The fraction of sp³-hybridized carbons (Fsp3) is 0.625. The molecule has 120 valence electrons. The van der Waals surface area contributed by atoms with Gasteiger partial charge in [0, 0.05) is 12.6 Å². The van der Waals surface area contributed by atoms with E-state index in [2.05, 4.69) is 5.32 Å². The normalized spacial score (nSPS) is 15.2. The molecule has 21 heavy (non-hydrogen) atoms. The summed E-state index contributed by atoms with van der Waals surface area (Å²) in [5, 5.41) is 3.38. The monoisotopic (exact) mass is 302 g/mol. The maximum Gasteiger partial charge on any atom is 0.401 e. The van der Waals surface area contributed by atoms with Crippen molar-refractivity contribution in [2.24, 2.45) is 5.92 Å². The van der Waals surface area contributed by atoms with Gasteiger partial charge >= 0.3 is 6.18 Å². The molecule has 2 unspecified atom stereocenters. The summed E-state index contributed by atoms with van der Waals surface area (Å²) in [6.07, 6.45) is -4.14. The van der Waals surface area contributed by atoms with E-state index in [1.165, 1.54) is 4.90 Å². The summed E-state index contributed by atoms with van der Waals surface area (Å²) >= 11 is 0. The zero-order valence-electron chi connectivity index (χ0n) is 13.0. The van der Waals surface area contributed by atoms with Crippen LogP contribution in [0.3, 0.4) is 0 Å². The van der Waals surface area contributed by atoms with E-state index in [1.54, 1.807) is 6.92 Å². The second kappa shape index (κ2) is 8.39. The van der Waals surface area contributed by atoms with Crippen molar-refractivity contribution in [3.63, 3.8) is 0 Å². The van der Waals surface area contributed by atoms with E-state index in [4.69, 9.17) is 0 Å². The number of rotatable bonds is 8. The van der Waals surface area contributed by atoms with E-state index in [1.807, 2.05) is 44.2 Å². The summed E-state index contributed by atoms with van der Waals surface area (Å²) in [7, 11) is 0. The van der Waals surface area contributed by atoms with Crippen LogP contribution in [-0.2, 0) is 0 Å². The maximum absolute atomic E-state index is 12.6. The highest BCUT2D eigenvalue weighted by molar-refractivity contribution is 5.19. The van der Waals surface area contributed by atoms with Crippen LogP contribution in [0.5, 0.6) is 0 Å². The van der Waals surface area contributed by atoms with Crippen molar-refractivity contribution >= 4 is 0 Å². The van der Waals surface area contributed by atoms with Crippen molar-refractivity contribution in [3.8, 4) is 0 Å². The SMILES string of the molecule is CCNC(c1ccccc1)C(C)CN(CC)CC(F)(F)F. The molecule has 0 aliphatic carbocycles. The number of nitrogens with zero attached hydrogens (tertiary/aromatic N) is 1. The Kier molecular flexibility index (Phi) is 7.18. The molecule has 2 nitrogen and oxygen atoms in total. The lowest BCUT2D eigenvalue weighted by atomic mass is 9.94. The molecular weight excluding hydrogens is 277 g/mol. The first kappa shape index (κ1) is 18.0. The van der Waals surface area contributed by atoms with Crippen molar-refractivity contribution in [1.82, 2.24) is 10.2 Å². The number of hydrogen-bond acceptors (Lipinski definition) is 2. The average molecular weight is 302 g/mol. The van der Waals surface area contributed by atoms with Crippen LogP contribution in [0.2, 0.25) is 0 Å². The summed E-state index contributed by atoms with van der Waals surface area (Å²) in [5.41, 5.74) is 1.12. The number of nitrogens with one attached hydrogen (secondary N) is 1. The molecule has 0 radical (unpaired) electrons. The maximum atomic E-state index is 12.6. The molecule has 1 rings (SSSR count). The molecule has 1 aromatic carbocycles. The first-order chi connectivity index (χ1) is 9.87. The molecule has 0 spiro atoms. The molecule has 5 heteroatoms. The molecule has 0 saturated carbocycles. The van der Waals surface area contributed by atoms with E-state index in [0.29, 0.717) is 13.1 Å². The Morgan fingerprint density at radius 1 is 1.14 bits per heavy atom. The molecule has 0 bridgehead atoms. The number of benzene rings is 1. The lowest BCUT2D eigenvalue weighted by Crippen LogP contribution is -2.40. The van der Waals surface area contributed by atoms with Gasteiger partial charge in [-0.05, 0) is 24.6 Å². The smallest absolute Gasteiger partial charge is 0.310 e. The van der Waals surface area contributed by atoms with Gasteiger partial charge in [-0.1, -0.05) is 51.1 Å². The molecule has 1 aromatic rings. The minimum atomic E-state index is -4.14. The zero-order chi connectivity index (χ0) is 15.9. The average Bonchev–Trinajstić information content (AvgIpc) is 2.43. The third-order valence-corrected chi connectivity index (χ3v) is 3.55. The number of hydrogen-bond donors (Lipinski definition) is 1. The van der Waals surface area contributed by atoms with Crippen LogP contribution in [0.1, 0.15) is 32.4 Å². The second-order valence-electron chi connectivity index (χ2n) is 5.37. The van der Waals surface area contributed by atoms with Crippen molar-refractivity contribution in [3.05, 3.63) is 35.9 Å². The topological polar surface area (TPSA) is 15.3 Å². The molecule has 0 aromatic heterocycles. The van der Waals surface area contributed by atoms with Crippen molar-refractivity contribution < 1.29 is 13.2 Å². The van der Waals surface area contributed by atoms with Crippen LogP contribution in [0.4, 0.5) is 13.2 Å². The summed E-state index contributed by atoms with van der Waals surface area (Å²) in [6.45, 7) is 6.54. The highest BCUT2D eigenvalue weighted by Gasteiger charge is 2.31. The van der Waals surface area contributed by atoms with Gasteiger partial charge in [0.2, 0.25) is 0 Å². The lowest BCUT2D eigenvalue weighted by molar-refractivity contribution is -0.146. The molecule has 0 heterocycles. The van der Waals surface area contributed by atoms with E-state index in [-0.39, 0.29) is 12.0 Å². The molecular formula is C16H25F3N2. The minimum absolute atomic E-state index is 0.0680. The van der Waals surface area contributed by atoms with Crippen molar-refractivity contribution in [2.45, 2.75) is 33.0 Å². The van der Waals surface area contributed by atoms with E-state index >= 15 is 0 Å². The van der Waals surface area contributed by atoms with Crippen LogP contribution in [0.25, 0.3) is 0 Å². The van der Waals surface area contributed by atoms with Gasteiger partial charge in [-0.25, -0.2) is 0 Å². The van der Waals surface area contributed by atoms with E-state index < -0.39 is 12.7 Å². The highest BCUT2D eigenvalue weighted by Crippen LogP contribution is 2.24. The third kappa shape index (κ3) is 6.48. The molecule has 0 amide bonds. The number of alkyl halides is 3. The minimum Gasteiger partial charge on any atom is -0.310 e. The Balaban J connectivity index is 2.74. The molecule has 0 aliphatic rings. The fourth-order valence-corrected chi connectivity index (χ4v) is 2.60. The van der Waals surface area contributed by atoms with Crippen LogP contribution < -0.4 is 5.32 Å². The molecule has 0 fully saturated rings. The van der Waals surface area contributed by atoms with Gasteiger partial charge in [-0.2, -0.15) is 13.2 Å². The van der Waals surface area contributed by atoms with Crippen LogP contribution >= 0.6 is 0 Å². The quantitative estimate of drug-likeness (QED) is 0.784.